The Labute approximate surface area is 222 Å². The summed E-state index contributed by atoms with van der Waals surface area (Å²) in [4.78, 5) is 6.70. The average molecular weight is 555 g/mol. The van der Waals surface area contributed by atoms with Gasteiger partial charge in [0.1, 0.15) is 11.6 Å². The third-order valence-corrected chi connectivity index (χ3v) is 7.92. The lowest BCUT2D eigenvalue weighted by molar-refractivity contribution is -0.191. The summed E-state index contributed by atoms with van der Waals surface area (Å²) in [6.07, 6.45) is -3.86. The fraction of sp³-hybridized carbons (Fsp3) is 0.500. The number of aliphatic hydroxyl groups excluding tert-OH is 1. The lowest BCUT2D eigenvalue weighted by Crippen LogP contribution is -2.54. The Balaban J connectivity index is 1.51. The smallest absolute Gasteiger partial charge is 0.395 e. The molecule has 2 aliphatic rings. The molecule has 39 heavy (non-hydrogen) atoms. The van der Waals surface area contributed by atoms with E-state index in [1.807, 2.05) is 29.2 Å². The number of H-pyrrole nitrogens is 1. The highest BCUT2D eigenvalue weighted by molar-refractivity contribution is 5.85. The van der Waals surface area contributed by atoms with E-state index in [4.69, 9.17) is 0 Å². The van der Waals surface area contributed by atoms with Gasteiger partial charge in [-0.25, -0.2) is 8.78 Å². The zero-order chi connectivity index (χ0) is 27.9. The van der Waals surface area contributed by atoms with Gasteiger partial charge in [0.25, 0.3) is 0 Å². The van der Waals surface area contributed by atoms with Crippen molar-refractivity contribution in [3.63, 3.8) is 0 Å². The first-order valence-corrected chi connectivity index (χ1v) is 13.2. The normalized spacial score (nSPS) is 21.6. The van der Waals surface area contributed by atoms with Crippen LogP contribution < -0.4 is 5.32 Å². The van der Waals surface area contributed by atoms with Gasteiger partial charge in [0.15, 0.2) is 0 Å². The van der Waals surface area contributed by atoms with Gasteiger partial charge in [0, 0.05) is 60.1 Å². The monoisotopic (exact) mass is 554 g/mol. The van der Waals surface area contributed by atoms with Gasteiger partial charge in [0.05, 0.1) is 31.3 Å². The van der Waals surface area contributed by atoms with Crippen molar-refractivity contribution in [2.45, 2.75) is 44.1 Å². The lowest BCUT2D eigenvalue weighted by atomic mass is 9.87. The maximum atomic E-state index is 15.8. The molecule has 3 heterocycles. The third-order valence-electron chi connectivity index (χ3n) is 7.92. The molecule has 5 nitrogen and oxygen atoms in total. The summed E-state index contributed by atoms with van der Waals surface area (Å²) in [5.41, 5.74) is 1.90. The summed E-state index contributed by atoms with van der Waals surface area (Å²) < 4.78 is 85.0. The summed E-state index contributed by atoms with van der Waals surface area (Å²) in [5, 5.41) is 13.5. The van der Waals surface area contributed by atoms with Crippen molar-refractivity contribution >= 4 is 16.6 Å². The van der Waals surface area contributed by atoms with Crippen molar-refractivity contribution in [2.75, 3.05) is 44.8 Å². The zero-order valence-electron chi connectivity index (χ0n) is 21.5. The van der Waals surface area contributed by atoms with Crippen molar-refractivity contribution in [1.29, 1.82) is 0 Å². The van der Waals surface area contributed by atoms with Crippen molar-refractivity contribution in [3.8, 4) is 0 Å². The summed E-state index contributed by atoms with van der Waals surface area (Å²) in [7, 11) is 0. The Hall–Kier alpha value is -2.76. The van der Waals surface area contributed by atoms with Gasteiger partial charge in [-0.05, 0) is 43.5 Å². The number of hydrogen-bond acceptors (Lipinski definition) is 4. The van der Waals surface area contributed by atoms with Crippen LogP contribution in [0.25, 0.3) is 10.9 Å². The number of nitrogens with zero attached hydrogens (tertiary/aromatic N) is 2. The van der Waals surface area contributed by atoms with Crippen LogP contribution in [-0.2, 0) is 6.42 Å². The molecule has 1 saturated heterocycles. The zero-order valence-corrected chi connectivity index (χ0v) is 21.5. The van der Waals surface area contributed by atoms with Gasteiger partial charge in [-0.3, -0.25) is 14.2 Å². The largest absolute Gasteiger partial charge is 0.396 e. The van der Waals surface area contributed by atoms with E-state index in [1.165, 1.54) is 17.0 Å². The van der Waals surface area contributed by atoms with Crippen LogP contribution in [0.1, 0.15) is 36.2 Å². The number of anilines is 1. The molecule has 0 radical (unpaired) electrons. The Morgan fingerprint density at radius 2 is 1.82 bits per heavy atom. The van der Waals surface area contributed by atoms with E-state index in [1.54, 1.807) is 6.92 Å². The highest BCUT2D eigenvalue weighted by Crippen LogP contribution is 2.44. The van der Waals surface area contributed by atoms with Crippen LogP contribution >= 0.6 is 0 Å². The molecule has 0 aliphatic carbocycles. The van der Waals surface area contributed by atoms with Gasteiger partial charge < -0.3 is 15.4 Å². The molecule has 2 aliphatic heterocycles. The molecule has 212 valence electrons. The maximum absolute atomic E-state index is 15.8. The SMILES string of the molecule is C[C@@H]1Cc2c([nH]c3ccccc23)[C@@H](c2c(F)cc(NC3CN(CCCF)C3)cc2F)N1C[C@H](CO)C(F)(F)F. The fourth-order valence-corrected chi connectivity index (χ4v) is 5.91. The minimum atomic E-state index is -4.68. The Morgan fingerprint density at radius 3 is 2.46 bits per heavy atom. The molecule has 0 amide bonds. The molecular formula is C28H32F6N4O. The minimum absolute atomic E-state index is 0.0436. The molecule has 0 bridgehead atoms. The first kappa shape index (κ1) is 27.8. The second-order valence-electron chi connectivity index (χ2n) is 10.6. The van der Waals surface area contributed by atoms with Gasteiger partial charge >= 0.3 is 6.18 Å². The number of halogens is 6. The van der Waals surface area contributed by atoms with E-state index in [9.17, 15) is 22.7 Å². The topological polar surface area (TPSA) is 54.5 Å². The highest BCUT2D eigenvalue weighted by Gasteiger charge is 2.45. The maximum Gasteiger partial charge on any atom is 0.395 e. The van der Waals surface area contributed by atoms with Crippen molar-refractivity contribution in [1.82, 2.24) is 14.8 Å². The number of aliphatic hydroxyl groups is 1. The van der Waals surface area contributed by atoms with E-state index >= 15 is 8.78 Å². The third kappa shape index (κ3) is 5.49. The molecule has 11 heteroatoms. The van der Waals surface area contributed by atoms with Crippen molar-refractivity contribution in [2.24, 2.45) is 5.92 Å². The molecule has 0 unspecified atom stereocenters. The number of likely N-dealkylation sites (tertiary alicyclic amines) is 1. The molecule has 3 atom stereocenters. The van der Waals surface area contributed by atoms with Crippen LogP contribution in [0, 0.1) is 17.6 Å². The summed E-state index contributed by atoms with van der Waals surface area (Å²) in [5.74, 6) is -3.81. The number of benzene rings is 2. The predicted molar refractivity (Wildman–Crippen MR) is 137 cm³/mol. The Bertz CT molecular complexity index is 1280. The van der Waals surface area contributed by atoms with E-state index in [-0.39, 0.29) is 17.3 Å². The number of fused-ring (bicyclic) bond motifs is 3. The van der Waals surface area contributed by atoms with E-state index in [0.717, 1.165) is 16.5 Å². The molecule has 5 rings (SSSR count). The number of aromatic nitrogens is 1. The number of hydrogen-bond donors (Lipinski definition) is 3. The van der Waals surface area contributed by atoms with Gasteiger partial charge in [-0.1, -0.05) is 18.2 Å². The van der Waals surface area contributed by atoms with E-state index in [0.29, 0.717) is 38.2 Å². The molecule has 0 spiro atoms. The van der Waals surface area contributed by atoms with Gasteiger partial charge in [-0.2, -0.15) is 13.2 Å². The number of alkyl halides is 4. The van der Waals surface area contributed by atoms with Crippen molar-refractivity contribution < 1.29 is 31.4 Å². The van der Waals surface area contributed by atoms with Crippen LogP contribution in [0.3, 0.4) is 0 Å². The average Bonchev–Trinajstić information content (AvgIpc) is 3.21. The quantitative estimate of drug-likeness (QED) is 0.310. The van der Waals surface area contributed by atoms with E-state index < -0.39 is 55.6 Å². The molecule has 3 N–H and O–H groups in total. The van der Waals surface area contributed by atoms with Crippen LogP contribution in [0.4, 0.5) is 32.0 Å². The summed E-state index contributed by atoms with van der Waals surface area (Å²) >= 11 is 0. The second-order valence-corrected chi connectivity index (χ2v) is 10.6. The molecule has 0 saturated carbocycles. The molecule has 1 fully saturated rings. The van der Waals surface area contributed by atoms with Crippen LogP contribution in [0.5, 0.6) is 0 Å². The van der Waals surface area contributed by atoms with Gasteiger partial charge in [-0.15, -0.1) is 0 Å². The number of nitrogens with one attached hydrogen (secondary N) is 2. The Kier molecular flexibility index (Phi) is 7.85. The number of aromatic amines is 1. The van der Waals surface area contributed by atoms with Crippen LogP contribution in [0.15, 0.2) is 36.4 Å². The number of para-hydroxylation sites is 1. The lowest BCUT2D eigenvalue weighted by Gasteiger charge is -2.43. The summed E-state index contributed by atoms with van der Waals surface area (Å²) in [6.45, 7) is 1.45. The fourth-order valence-electron chi connectivity index (χ4n) is 5.91. The summed E-state index contributed by atoms with van der Waals surface area (Å²) in [6, 6.07) is 8.03. The van der Waals surface area contributed by atoms with Crippen molar-refractivity contribution in [3.05, 3.63) is 64.9 Å². The molecule has 1 aromatic heterocycles. The van der Waals surface area contributed by atoms with Gasteiger partial charge in [0.2, 0.25) is 0 Å². The van der Waals surface area contributed by atoms with Crippen LogP contribution in [0.2, 0.25) is 0 Å². The standard InChI is InChI=1S/C28H32F6N4O/c1-16-9-21-20-5-2-3-6-24(20)36-26(21)27(38(16)12-17(15-39)28(32,33)34)25-22(30)10-18(11-23(25)31)35-19-13-37(14-19)8-4-7-29/h2-3,5-6,10-11,16-17,19,27,35-36,39H,4,7-9,12-15H2,1H3/t16-,17-,27-/m1/s1. The predicted octanol–water partition coefficient (Wildman–Crippen LogP) is 5.41. The molecule has 3 aromatic rings. The Morgan fingerprint density at radius 1 is 1.13 bits per heavy atom. The van der Waals surface area contributed by atoms with Crippen LogP contribution in [-0.4, -0.2) is 77.6 Å². The van der Waals surface area contributed by atoms with E-state index in [2.05, 4.69) is 10.3 Å². The highest BCUT2D eigenvalue weighted by atomic mass is 19.4. The first-order chi connectivity index (χ1) is 18.6. The first-order valence-electron chi connectivity index (χ1n) is 13.2. The number of rotatable bonds is 9. The molecular weight excluding hydrogens is 522 g/mol. The molecule has 2 aromatic carbocycles. The second kappa shape index (κ2) is 11.0. The minimum Gasteiger partial charge on any atom is -0.396 e.